The fourth-order valence-corrected chi connectivity index (χ4v) is 2.23. The maximum atomic E-state index is 11.2. The lowest BCUT2D eigenvalue weighted by atomic mass is 9.84. The number of nitro benzene ring substituents is 1. The molecule has 0 aliphatic heterocycles. The van der Waals surface area contributed by atoms with Gasteiger partial charge in [0.05, 0.1) is 10.6 Å². The number of hydrogen-bond donors (Lipinski definition) is 1. The molecule has 0 unspecified atom stereocenters. The maximum Gasteiger partial charge on any atom is 0.275 e. The Morgan fingerprint density at radius 2 is 1.80 bits per heavy atom. The molecule has 0 atom stereocenters. The molecule has 0 aliphatic carbocycles. The van der Waals surface area contributed by atoms with E-state index < -0.39 is 8.07 Å². The van der Waals surface area contributed by atoms with Crippen molar-refractivity contribution in [2.24, 2.45) is 0 Å². The summed E-state index contributed by atoms with van der Waals surface area (Å²) in [7, 11) is -1.51. The maximum absolute atomic E-state index is 11.2. The molecule has 0 amide bonds. The molecule has 0 heterocycles. The first-order valence-electron chi connectivity index (χ1n) is 6.53. The van der Waals surface area contributed by atoms with E-state index in [1.165, 1.54) is 6.07 Å². The van der Waals surface area contributed by atoms with Gasteiger partial charge in [-0.25, -0.2) is 0 Å². The van der Waals surface area contributed by atoms with E-state index in [1.807, 2.05) is 20.8 Å². The first-order valence-corrected chi connectivity index (χ1v) is 10.0. The van der Waals surface area contributed by atoms with Crippen molar-refractivity contribution in [1.82, 2.24) is 0 Å². The molecule has 5 heteroatoms. The quantitative estimate of drug-likeness (QED) is 0.282. The summed E-state index contributed by atoms with van der Waals surface area (Å²) in [4.78, 5) is 10.8. The largest absolute Gasteiger partial charge is 0.398 e. The summed E-state index contributed by atoms with van der Waals surface area (Å²) in [6.45, 7) is 12.3. The zero-order chi connectivity index (χ0) is 15.7. The molecule has 108 valence electrons. The topological polar surface area (TPSA) is 69.2 Å². The van der Waals surface area contributed by atoms with Crippen LogP contribution < -0.4 is 5.73 Å². The van der Waals surface area contributed by atoms with E-state index >= 15 is 0 Å². The lowest BCUT2D eigenvalue weighted by molar-refractivity contribution is -0.385. The number of hydrogen-bond acceptors (Lipinski definition) is 3. The number of nitro groups is 1. The van der Waals surface area contributed by atoms with Crippen LogP contribution >= 0.6 is 0 Å². The van der Waals surface area contributed by atoms with E-state index in [0.717, 1.165) is 0 Å². The molecule has 0 aromatic heterocycles. The average Bonchev–Trinajstić information content (AvgIpc) is 2.23. The first kappa shape index (κ1) is 16.3. The van der Waals surface area contributed by atoms with E-state index in [-0.39, 0.29) is 16.0 Å². The predicted molar refractivity (Wildman–Crippen MR) is 86.4 cm³/mol. The Labute approximate surface area is 121 Å². The van der Waals surface area contributed by atoms with E-state index in [0.29, 0.717) is 16.8 Å². The third-order valence-corrected chi connectivity index (χ3v) is 3.62. The molecular weight excluding hydrogens is 268 g/mol. The first-order chi connectivity index (χ1) is 8.92. The van der Waals surface area contributed by atoms with Crippen molar-refractivity contribution >= 4 is 19.4 Å². The lowest BCUT2D eigenvalue weighted by Gasteiger charge is -2.19. The second-order valence-electron chi connectivity index (χ2n) is 6.96. The second kappa shape index (κ2) is 5.29. The Bertz CT molecular complexity index is 599. The van der Waals surface area contributed by atoms with Gasteiger partial charge in [-0.1, -0.05) is 46.3 Å². The normalized spacial score (nSPS) is 11.7. The molecule has 1 rings (SSSR count). The Balaban J connectivity index is 3.51. The monoisotopic (exact) mass is 290 g/mol. The van der Waals surface area contributed by atoms with Crippen LogP contribution in [0.15, 0.2) is 12.1 Å². The van der Waals surface area contributed by atoms with Crippen molar-refractivity contribution in [2.75, 3.05) is 5.73 Å². The summed E-state index contributed by atoms with van der Waals surface area (Å²) in [6, 6.07) is 3.19. The zero-order valence-corrected chi connectivity index (χ0v) is 14.0. The number of anilines is 1. The van der Waals surface area contributed by atoms with Gasteiger partial charge in [0.15, 0.2) is 0 Å². The minimum absolute atomic E-state index is 0.0635. The van der Waals surface area contributed by atoms with Gasteiger partial charge in [-0.05, 0) is 11.5 Å². The Kier molecular flexibility index (Phi) is 4.30. The van der Waals surface area contributed by atoms with Crippen molar-refractivity contribution in [1.29, 1.82) is 0 Å². The Morgan fingerprint density at radius 1 is 1.25 bits per heavy atom. The van der Waals surface area contributed by atoms with Crippen LogP contribution in [0.3, 0.4) is 0 Å². The van der Waals surface area contributed by atoms with Crippen LogP contribution in [0.25, 0.3) is 0 Å². The molecule has 0 fully saturated rings. The van der Waals surface area contributed by atoms with E-state index in [4.69, 9.17) is 5.73 Å². The Hall–Kier alpha value is -1.80. The zero-order valence-electron chi connectivity index (χ0n) is 13.0. The molecular formula is C15H22N2O2Si. The highest BCUT2D eigenvalue weighted by atomic mass is 28.3. The standard InChI is InChI=1S/C15H22N2O2Si/c1-15(2,3)12-9-11(7-8-20(4,5)6)13(16)10-14(12)17(18)19/h9-10H,16H2,1-6H3. The molecule has 1 aromatic rings. The summed E-state index contributed by atoms with van der Waals surface area (Å²) in [5.74, 6) is 3.10. The van der Waals surface area contributed by atoms with E-state index in [2.05, 4.69) is 31.1 Å². The average molecular weight is 290 g/mol. The minimum Gasteiger partial charge on any atom is -0.398 e. The molecule has 4 nitrogen and oxygen atoms in total. The van der Waals surface area contributed by atoms with Crippen molar-refractivity contribution in [3.63, 3.8) is 0 Å². The van der Waals surface area contributed by atoms with Crippen LogP contribution in [0.1, 0.15) is 31.9 Å². The van der Waals surface area contributed by atoms with Crippen molar-refractivity contribution in [2.45, 2.75) is 45.8 Å². The molecule has 0 saturated carbocycles. The van der Waals surface area contributed by atoms with Gasteiger partial charge < -0.3 is 5.73 Å². The van der Waals surface area contributed by atoms with Crippen LogP contribution in [0.2, 0.25) is 19.6 Å². The molecule has 0 aliphatic rings. The number of rotatable bonds is 1. The number of benzene rings is 1. The van der Waals surface area contributed by atoms with E-state index in [1.54, 1.807) is 6.07 Å². The molecule has 2 N–H and O–H groups in total. The van der Waals surface area contributed by atoms with Crippen LogP contribution in [0, 0.1) is 21.6 Å². The van der Waals surface area contributed by atoms with Gasteiger partial charge in [-0.15, -0.1) is 5.54 Å². The lowest BCUT2D eigenvalue weighted by Crippen LogP contribution is -2.17. The highest BCUT2D eigenvalue weighted by Gasteiger charge is 2.26. The summed E-state index contributed by atoms with van der Waals surface area (Å²) >= 11 is 0. The van der Waals surface area contributed by atoms with Gasteiger partial charge in [-0.3, -0.25) is 10.1 Å². The summed E-state index contributed by atoms with van der Waals surface area (Å²) in [5, 5.41) is 11.2. The fourth-order valence-electron chi connectivity index (χ4n) is 1.72. The summed E-state index contributed by atoms with van der Waals surface area (Å²) in [5.41, 5.74) is 10.6. The van der Waals surface area contributed by atoms with Gasteiger partial charge in [0.2, 0.25) is 0 Å². The van der Waals surface area contributed by atoms with Crippen molar-refractivity contribution in [3.05, 3.63) is 33.4 Å². The minimum atomic E-state index is -1.51. The van der Waals surface area contributed by atoms with Gasteiger partial charge in [0.25, 0.3) is 5.69 Å². The van der Waals surface area contributed by atoms with Crippen molar-refractivity contribution in [3.8, 4) is 11.5 Å². The number of nitrogens with two attached hydrogens (primary N) is 1. The molecule has 0 bridgehead atoms. The Morgan fingerprint density at radius 3 is 2.20 bits per heavy atom. The smallest absolute Gasteiger partial charge is 0.275 e. The molecule has 0 radical (unpaired) electrons. The highest BCUT2D eigenvalue weighted by Crippen LogP contribution is 2.34. The van der Waals surface area contributed by atoms with Crippen LogP contribution in [-0.4, -0.2) is 13.0 Å². The third-order valence-electron chi connectivity index (χ3n) is 2.74. The SMILES string of the molecule is CC(C)(C)c1cc(C#C[Si](C)(C)C)c(N)cc1[N+](=O)[O-]. The third kappa shape index (κ3) is 4.10. The fraction of sp³-hybridized carbons (Fsp3) is 0.467. The van der Waals surface area contributed by atoms with E-state index in [9.17, 15) is 10.1 Å². The number of nitrogens with zero attached hydrogens (tertiary/aromatic N) is 1. The number of nitrogen functional groups attached to an aromatic ring is 1. The van der Waals surface area contributed by atoms with Gasteiger partial charge in [-0.2, -0.15) is 0 Å². The summed E-state index contributed by atoms with van der Waals surface area (Å²) < 4.78 is 0. The predicted octanol–water partition coefficient (Wildman–Crippen LogP) is 3.70. The molecule has 0 spiro atoms. The van der Waals surface area contributed by atoms with Gasteiger partial charge in [0.1, 0.15) is 8.07 Å². The highest BCUT2D eigenvalue weighted by molar-refractivity contribution is 6.83. The van der Waals surface area contributed by atoms with Gasteiger partial charge in [0, 0.05) is 17.2 Å². The molecule has 1 aromatic carbocycles. The van der Waals surface area contributed by atoms with Crippen LogP contribution in [0.4, 0.5) is 11.4 Å². The molecule has 20 heavy (non-hydrogen) atoms. The van der Waals surface area contributed by atoms with Gasteiger partial charge >= 0.3 is 0 Å². The second-order valence-corrected chi connectivity index (χ2v) is 11.7. The molecule has 0 saturated heterocycles. The van der Waals surface area contributed by atoms with Crippen molar-refractivity contribution < 1.29 is 4.92 Å². The summed E-state index contributed by atoms with van der Waals surface area (Å²) in [6.07, 6.45) is 0. The van der Waals surface area contributed by atoms with Crippen LogP contribution in [-0.2, 0) is 5.41 Å². The van der Waals surface area contributed by atoms with Crippen LogP contribution in [0.5, 0.6) is 0 Å².